The number of ketones is 1. The Morgan fingerprint density at radius 3 is 3.00 bits per heavy atom. The highest BCUT2D eigenvalue weighted by Crippen LogP contribution is 2.40. The van der Waals surface area contributed by atoms with Crippen molar-refractivity contribution >= 4 is 11.7 Å². The van der Waals surface area contributed by atoms with E-state index >= 15 is 0 Å². The van der Waals surface area contributed by atoms with Gasteiger partial charge >= 0.3 is 0 Å². The lowest BCUT2D eigenvalue weighted by Crippen LogP contribution is -2.31. The third-order valence-electron chi connectivity index (χ3n) is 4.16. The number of aromatic nitrogens is 5. The topological polar surface area (TPSA) is 77.6 Å². The van der Waals surface area contributed by atoms with Crippen molar-refractivity contribution in [2.24, 2.45) is 7.05 Å². The molecule has 0 radical (unpaired) electrons. The Balaban J connectivity index is 1.95. The summed E-state index contributed by atoms with van der Waals surface area (Å²) < 4.78 is 3.56. The Hall–Kier alpha value is -2.44. The number of hydrogen-bond donors (Lipinski definition) is 1. The molecular formula is C14H16N6O. The van der Waals surface area contributed by atoms with Gasteiger partial charge in [0.1, 0.15) is 12.4 Å². The first-order valence-electron chi connectivity index (χ1n) is 7.08. The van der Waals surface area contributed by atoms with Gasteiger partial charge in [-0.2, -0.15) is 15.2 Å². The van der Waals surface area contributed by atoms with Gasteiger partial charge in [-0.05, 0) is 19.8 Å². The monoisotopic (exact) mass is 284 g/mol. The van der Waals surface area contributed by atoms with Crippen LogP contribution in [0.1, 0.15) is 36.6 Å². The zero-order valence-electron chi connectivity index (χ0n) is 12.0. The van der Waals surface area contributed by atoms with Gasteiger partial charge in [-0.1, -0.05) is 0 Å². The molecule has 3 heterocycles. The highest BCUT2D eigenvalue weighted by molar-refractivity contribution is 5.99. The maximum atomic E-state index is 12.5. The molecule has 2 aromatic heterocycles. The molecule has 1 aliphatic heterocycles. The minimum Gasteiger partial charge on any atom is -0.328 e. The van der Waals surface area contributed by atoms with Crippen LogP contribution >= 0.6 is 0 Å². The van der Waals surface area contributed by atoms with E-state index in [0.717, 1.165) is 35.4 Å². The van der Waals surface area contributed by atoms with Crippen molar-refractivity contribution in [1.29, 1.82) is 0 Å². The van der Waals surface area contributed by atoms with E-state index in [-0.39, 0.29) is 11.8 Å². The lowest BCUT2D eigenvalue weighted by atomic mass is 9.86. The third kappa shape index (κ3) is 1.73. The predicted molar refractivity (Wildman–Crippen MR) is 75.6 cm³/mol. The normalized spacial score (nSPS) is 21.0. The standard InChI is InChI=1S/C14H16N6O/c1-8-9(6-19(2)18-8)13-12-10(4-3-5-11(12)21)17-14-15-7-16-20(13)14/h6-7,13H,3-5H2,1-2H3,(H,15,16,17)/t13-/m0/s1. The number of aryl methyl sites for hydroxylation is 2. The molecule has 0 spiro atoms. The predicted octanol–water partition coefficient (Wildman–Crippen LogP) is 1.34. The van der Waals surface area contributed by atoms with E-state index in [1.54, 1.807) is 9.36 Å². The van der Waals surface area contributed by atoms with E-state index in [4.69, 9.17) is 0 Å². The number of allylic oxidation sites excluding steroid dienone is 2. The number of anilines is 1. The summed E-state index contributed by atoms with van der Waals surface area (Å²) >= 11 is 0. The van der Waals surface area contributed by atoms with Crippen molar-refractivity contribution in [3.8, 4) is 0 Å². The van der Waals surface area contributed by atoms with Crippen LogP contribution in [0.25, 0.3) is 0 Å². The fraction of sp³-hybridized carbons (Fsp3) is 0.429. The van der Waals surface area contributed by atoms with Crippen LogP contribution < -0.4 is 5.32 Å². The van der Waals surface area contributed by atoms with Gasteiger partial charge in [0.25, 0.3) is 0 Å². The summed E-state index contributed by atoms with van der Waals surface area (Å²) in [5.41, 5.74) is 3.72. The molecule has 0 amide bonds. The van der Waals surface area contributed by atoms with Crippen molar-refractivity contribution in [2.75, 3.05) is 5.32 Å². The van der Waals surface area contributed by atoms with Crippen molar-refractivity contribution in [2.45, 2.75) is 32.2 Å². The Bertz CT molecular complexity index is 768. The average molecular weight is 284 g/mol. The van der Waals surface area contributed by atoms with Gasteiger partial charge in [0, 0.05) is 36.5 Å². The molecule has 2 aromatic rings. The van der Waals surface area contributed by atoms with E-state index < -0.39 is 0 Å². The first-order chi connectivity index (χ1) is 10.1. The molecule has 2 aliphatic rings. The summed E-state index contributed by atoms with van der Waals surface area (Å²) in [6.07, 6.45) is 5.84. The summed E-state index contributed by atoms with van der Waals surface area (Å²) in [7, 11) is 1.89. The molecule has 1 aliphatic carbocycles. The Labute approximate surface area is 121 Å². The molecule has 1 N–H and O–H groups in total. The molecule has 0 bridgehead atoms. The number of Topliss-reactive ketones (excluding diaryl/α,β-unsaturated/α-hetero) is 1. The van der Waals surface area contributed by atoms with E-state index in [9.17, 15) is 4.79 Å². The van der Waals surface area contributed by atoms with Crippen molar-refractivity contribution in [3.63, 3.8) is 0 Å². The van der Waals surface area contributed by atoms with Gasteiger partial charge in [-0.3, -0.25) is 9.48 Å². The van der Waals surface area contributed by atoms with Crippen LogP contribution in [0.2, 0.25) is 0 Å². The van der Waals surface area contributed by atoms with Crippen molar-refractivity contribution < 1.29 is 4.79 Å². The van der Waals surface area contributed by atoms with Crippen LogP contribution in [0.15, 0.2) is 23.8 Å². The Morgan fingerprint density at radius 1 is 1.38 bits per heavy atom. The SMILES string of the molecule is Cc1nn(C)cc1[C@H]1C2=C(CCCC2=O)Nc2ncnn21. The molecule has 7 nitrogen and oxygen atoms in total. The van der Waals surface area contributed by atoms with Crippen LogP contribution in [0, 0.1) is 6.92 Å². The number of nitrogens with one attached hydrogen (secondary N) is 1. The minimum absolute atomic E-state index is 0.193. The molecule has 1 atom stereocenters. The number of carbonyl (C=O) groups excluding carboxylic acids is 1. The van der Waals surface area contributed by atoms with Gasteiger partial charge < -0.3 is 5.32 Å². The van der Waals surface area contributed by atoms with Gasteiger partial charge in [0.05, 0.1) is 5.69 Å². The minimum atomic E-state index is -0.222. The molecule has 21 heavy (non-hydrogen) atoms. The lowest BCUT2D eigenvalue weighted by Gasteiger charge is -2.31. The summed E-state index contributed by atoms with van der Waals surface area (Å²) in [5, 5.41) is 12.0. The van der Waals surface area contributed by atoms with E-state index in [2.05, 4.69) is 20.5 Å². The maximum Gasteiger partial charge on any atom is 0.226 e. The summed E-state index contributed by atoms with van der Waals surface area (Å²) in [4.78, 5) is 16.7. The fourth-order valence-electron chi connectivity index (χ4n) is 3.27. The molecule has 0 saturated carbocycles. The quantitative estimate of drug-likeness (QED) is 0.855. The largest absolute Gasteiger partial charge is 0.328 e. The second-order valence-electron chi connectivity index (χ2n) is 5.57. The zero-order chi connectivity index (χ0) is 14.6. The first kappa shape index (κ1) is 12.3. The number of nitrogens with zero attached hydrogens (tertiary/aromatic N) is 5. The summed E-state index contributed by atoms with van der Waals surface area (Å²) in [6, 6.07) is -0.222. The van der Waals surface area contributed by atoms with Crippen LogP contribution in [-0.4, -0.2) is 30.3 Å². The van der Waals surface area contributed by atoms with Gasteiger partial charge in [0.15, 0.2) is 5.78 Å². The average Bonchev–Trinajstić information content (AvgIpc) is 3.03. The Morgan fingerprint density at radius 2 is 2.24 bits per heavy atom. The Kier molecular flexibility index (Phi) is 2.51. The van der Waals surface area contributed by atoms with Gasteiger partial charge in [0.2, 0.25) is 5.95 Å². The molecule has 0 aromatic carbocycles. The maximum absolute atomic E-state index is 12.5. The van der Waals surface area contributed by atoms with Gasteiger partial charge in [-0.25, -0.2) is 4.68 Å². The van der Waals surface area contributed by atoms with Crippen molar-refractivity contribution in [1.82, 2.24) is 24.5 Å². The summed E-state index contributed by atoms with van der Waals surface area (Å²) in [6.45, 7) is 1.96. The van der Waals surface area contributed by atoms with Crippen LogP contribution in [0.3, 0.4) is 0 Å². The van der Waals surface area contributed by atoms with Crippen LogP contribution in [0.5, 0.6) is 0 Å². The smallest absolute Gasteiger partial charge is 0.226 e. The second kappa shape index (κ2) is 4.28. The third-order valence-corrected chi connectivity index (χ3v) is 4.16. The molecule has 0 fully saturated rings. The number of carbonyl (C=O) groups is 1. The first-order valence-corrected chi connectivity index (χ1v) is 7.08. The number of rotatable bonds is 1. The molecule has 108 valence electrons. The number of fused-ring (bicyclic) bond motifs is 1. The molecule has 4 rings (SSSR count). The highest BCUT2D eigenvalue weighted by Gasteiger charge is 2.37. The van der Waals surface area contributed by atoms with E-state index in [0.29, 0.717) is 12.4 Å². The van der Waals surface area contributed by atoms with Crippen LogP contribution in [-0.2, 0) is 11.8 Å². The molecule has 7 heteroatoms. The van der Waals surface area contributed by atoms with Gasteiger partial charge in [-0.15, -0.1) is 0 Å². The molecular weight excluding hydrogens is 268 g/mol. The van der Waals surface area contributed by atoms with Crippen LogP contribution in [0.4, 0.5) is 5.95 Å². The lowest BCUT2D eigenvalue weighted by molar-refractivity contribution is -0.116. The fourth-order valence-corrected chi connectivity index (χ4v) is 3.27. The second-order valence-corrected chi connectivity index (χ2v) is 5.57. The van der Waals surface area contributed by atoms with E-state index in [1.807, 2.05) is 20.2 Å². The molecule has 0 unspecified atom stereocenters. The summed E-state index contributed by atoms with van der Waals surface area (Å²) in [5.74, 6) is 0.884. The zero-order valence-corrected chi connectivity index (χ0v) is 12.0. The molecule has 0 saturated heterocycles. The highest BCUT2D eigenvalue weighted by atomic mass is 16.1. The van der Waals surface area contributed by atoms with E-state index in [1.165, 1.54) is 6.33 Å². The van der Waals surface area contributed by atoms with Crippen molar-refractivity contribution in [3.05, 3.63) is 35.1 Å². The number of hydrogen-bond acceptors (Lipinski definition) is 5.